The third kappa shape index (κ3) is 6.70. The summed E-state index contributed by atoms with van der Waals surface area (Å²) in [6, 6.07) is -2.70. The van der Waals surface area contributed by atoms with E-state index in [4.69, 9.17) is 16.3 Å². The summed E-state index contributed by atoms with van der Waals surface area (Å²) in [5, 5.41) is 30.7. The van der Waals surface area contributed by atoms with Gasteiger partial charge < -0.3 is 37.4 Å². The van der Waals surface area contributed by atoms with E-state index in [1.165, 1.54) is 37.5 Å². The lowest BCUT2D eigenvalue weighted by Gasteiger charge is -2.43. The molecule has 1 aromatic rings. The van der Waals surface area contributed by atoms with E-state index in [0.717, 1.165) is 16.6 Å². The van der Waals surface area contributed by atoms with Crippen molar-refractivity contribution in [3.05, 3.63) is 23.0 Å². The molecule has 3 aliphatic heterocycles. The molecule has 40 heavy (non-hydrogen) atoms. The number of rotatable bonds is 10. The number of carboxylic acid groups (broad SMARTS) is 1. The number of β-lactam (4-membered cyclic amide) rings is 1. The summed E-state index contributed by atoms with van der Waals surface area (Å²) in [5.41, 5.74) is 9.16. The summed E-state index contributed by atoms with van der Waals surface area (Å²) >= 11 is 1.11. The molecular weight excluding hydrogens is 572 g/mol. The number of aromatic nitrogens is 3. The molecule has 1 saturated carbocycles. The highest BCUT2D eigenvalue weighted by Gasteiger charge is 2.56. The minimum absolute atomic E-state index is 0.0612. The highest BCUT2D eigenvalue weighted by molar-refractivity contribution is 8.02. The molecule has 18 nitrogen and oxygen atoms in total. The Bertz CT molecular complexity index is 1300. The van der Waals surface area contributed by atoms with Crippen LogP contribution in [0.5, 0.6) is 0 Å². The predicted molar refractivity (Wildman–Crippen MR) is 139 cm³/mol. The quantitative estimate of drug-likeness (QED) is 0.0609. The fourth-order valence-electron chi connectivity index (χ4n) is 3.95. The van der Waals surface area contributed by atoms with Gasteiger partial charge in [-0.25, -0.2) is 9.10 Å². The molecule has 0 radical (unpaired) electrons. The van der Waals surface area contributed by atoms with Crippen molar-refractivity contribution in [1.29, 1.82) is 0 Å². The normalized spacial score (nSPS) is 25.2. The van der Waals surface area contributed by atoms with Crippen LogP contribution in [0.15, 0.2) is 22.5 Å². The highest BCUT2D eigenvalue weighted by atomic mass is 32.2. The van der Waals surface area contributed by atoms with Crippen LogP contribution in [-0.4, -0.2) is 97.1 Å². The van der Waals surface area contributed by atoms with Gasteiger partial charge in [-0.3, -0.25) is 14.1 Å². The lowest BCUT2D eigenvalue weighted by atomic mass is 9.98. The fraction of sp³-hybridized carbons (Fsp3) is 0.600. The minimum atomic E-state index is -4.95. The van der Waals surface area contributed by atoms with E-state index in [2.05, 4.69) is 31.3 Å². The predicted octanol–water partition coefficient (Wildman–Crippen LogP) is -2.99. The van der Waals surface area contributed by atoms with Crippen molar-refractivity contribution in [2.75, 3.05) is 13.1 Å². The number of hydrogen-bond donors (Lipinski definition) is 7. The van der Waals surface area contributed by atoms with Gasteiger partial charge in [0.25, 0.3) is 11.8 Å². The third-order valence-electron chi connectivity index (χ3n) is 6.31. The first kappa shape index (κ1) is 29.7. The Morgan fingerprint density at radius 3 is 2.50 bits per heavy atom. The lowest BCUT2D eigenvalue weighted by molar-refractivity contribution is -0.153. The number of carbonyl (C=O) groups is 3. The first-order valence-corrected chi connectivity index (χ1v) is 14.6. The lowest BCUT2D eigenvalue weighted by Crippen LogP contribution is -2.73. The molecule has 3 unspecified atom stereocenters. The van der Waals surface area contributed by atoms with E-state index in [9.17, 15) is 32.5 Å². The van der Waals surface area contributed by atoms with Gasteiger partial charge in [0.15, 0.2) is 5.71 Å². The van der Waals surface area contributed by atoms with Crippen LogP contribution in [0.25, 0.3) is 0 Å². The SMILES string of the molecule is C1CCNC1.NCc1cnn(CC2C(NC(=O)/C(=N\OC3(C(=O)O)CC3)C3=CSC(N)N3)C(=O)N2S(=O)(=O)O)n1. The van der Waals surface area contributed by atoms with Gasteiger partial charge in [-0.1, -0.05) is 16.9 Å². The van der Waals surface area contributed by atoms with E-state index in [0.29, 0.717) is 5.69 Å². The molecule has 3 atom stereocenters. The number of amides is 2. The largest absolute Gasteiger partial charge is 0.478 e. The summed E-state index contributed by atoms with van der Waals surface area (Å²) in [4.78, 5) is 43.2. The summed E-state index contributed by atoms with van der Waals surface area (Å²) in [6.07, 6.45) is 4.49. The average Bonchev–Trinajstić information content (AvgIpc) is 3.31. The molecule has 0 aromatic carbocycles. The van der Waals surface area contributed by atoms with Crippen molar-refractivity contribution >= 4 is 45.6 Å². The maximum Gasteiger partial charge on any atom is 0.362 e. The van der Waals surface area contributed by atoms with Crippen molar-refractivity contribution in [1.82, 2.24) is 35.2 Å². The highest BCUT2D eigenvalue weighted by Crippen LogP contribution is 2.40. The van der Waals surface area contributed by atoms with E-state index in [-0.39, 0.29) is 35.9 Å². The monoisotopic (exact) mass is 602 g/mol. The Morgan fingerprint density at radius 2 is 2.02 bits per heavy atom. The van der Waals surface area contributed by atoms with Gasteiger partial charge in [-0.05, 0) is 25.9 Å². The van der Waals surface area contributed by atoms with Crippen molar-refractivity contribution in [2.45, 2.75) is 62.0 Å². The number of nitrogens with zero attached hydrogens (tertiary/aromatic N) is 5. The van der Waals surface area contributed by atoms with Crippen molar-refractivity contribution in [3.63, 3.8) is 0 Å². The smallest absolute Gasteiger partial charge is 0.362 e. The molecule has 9 N–H and O–H groups in total. The molecule has 2 saturated heterocycles. The second-order valence-electron chi connectivity index (χ2n) is 9.25. The molecule has 1 aromatic heterocycles. The van der Waals surface area contributed by atoms with Gasteiger partial charge >= 0.3 is 16.3 Å². The van der Waals surface area contributed by atoms with Crippen LogP contribution in [0.3, 0.4) is 0 Å². The standard InChI is InChI=1S/C16H21N9O8S2.C4H9N/c17-3-7-4-19-24(22-7)5-9-11(13(27)25(9)35(30,31)32)21-12(26)10(8-6-34-15(18)20-8)23-33-16(1-2-16)14(28)29;1-2-4-5-3-1/h4,6,9,11,15,20H,1-3,5,17-18H2,(H,21,26)(H,28,29)(H,30,31,32);5H,1-4H2/b23-10-;. The Hall–Kier alpha value is -3.30. The molecule has 4 aliphatic rings. The van der Waals surface area contributed by atoms with Crippen LogP contribution in [0.2, 0.25) is 0 Å². The fourth-order valence-corrected chi connectivity index (χ4v) is 5.48. The van der Waals surface area contributed by atoms with Gasteiger partial charge in [0.2, 0.25) is 5.60 Å². The van der Waals surface area contributed by atoms with Crippen LogP contribution in [0, 0.1) is 0 Å². The van der Waals surface area contributed by atoms with E-state index in [1.54, 1.807) is 0 Å². The minimum Gasteiger partial charge on any atom is -0.478 e. The molecule has 0 bridgehead atoms. The summed E-state index contributed by atoms with van der Waals surface area (Å²) in [6.45, 7) is 2.26. The third-order valence-corrected chi connectivity index (χ3v) is 8.04. The number of carboxylic acids is 1. The molecule has 4 heterocycles. The van der Waals surface area contributed by atoms with Gasteiger partial charge in [0.05, 0.1) is 24.1 Å². The van der Waals surface area contributed by atoms with Crippen LogP contribution in [0.4, 0.5) is 0 Å². The molecule has 0 spiro atoms. The first-order chi connectivity index (χ1) is 18.9. The van der Waals surface area contributed by atoms with Crippen molar-refractivity contribution < 1.29 is 37.3 Å². The van der Waals surface area contributed by atoms with Gasteiger partial charge in [-0.15, -0.1) is 0 Å². The number of carbonyl (C=O) groups excluding carboxylic acids is 2. The van der Waals surface area contributed by atoms with Crippen molar-refractivity contribution in [2.24, 2.45) is 16.6 Å². The van der Waals surface area contributed by atoms with Crippen molar-refractivity contribution in [3.8, 4) is 0 Å². The zero-order valence-corrected chi connectivity index (χ0v) is 22.7. The van der Waals surface area contributed by atoms with Gasteiger partial charge in [0, 0.05) is 24.8 Å². The van der Waals surface area contributed by atoms with Crippen LogP contribution in [-0.2, 0) is 42.6 Å². The summed E-state index contributed by atoms with van der Waals surface area (Å²) in [7, 11) is -4.95. The molecular formula is C20H30N10O8S2. The second-order valence-corrected chi connectivity index (χ2v) is 11.6. The number of oxime groups is 1. The molecule has 5 rings (SSSR count). The maximum absolute atomic E-state index is 13.1. The molecule has 2 amide bonds. The number of thioether (sulfide) groups is 1. The van der Waals surface area contributed by atoms with Crippen LogP contribution < -0.4 is 27.4 Å². The zero-order valence-electron chi connectivity index (χ0n) is 21.1. The second kappa shape index (κ2) is 12.1. The number of hydrogen-bond acceptors (Lipinski definition) is 14. The summed E-state index contributed by atoms with van der Waals surface area (Å²) < 4.78 is 33.1. The number of nitrogens with one attached hydrogen (secondary N) is 3. The number of aliphatic carboxylic acids is 1. The van der Waals surface area contributed by atoms with E-state index in [1.807, 2.05) is 0 Å². The Balaban J connectivity index is 0.000000666. The van der Waals surface area contributed by atoms with E-state index >= 15 is 0 Å². The van der Waals surface area contributed by atoms with Crippen LogP contribution >= 0.6 is 11.8 Å². The Kier molecular flexibility index (Phi) is 8.95. The van der Waals surface area contributed by atoms with Crippen LogP contribution in [0.1, 0.15) is 31.4 Å². The maximum atomic E-state index is 13.1. The Morgan fingerprint density at radius 1 is 1.32 bits per heavy atom. The zero-order chi connectivity index (χ0) is 29.1. The molecule has 20 heteroatoms. The number of nitrogens with two attached hydrogens (primary N) is 2. The van der Waals surface area contributed by atoms with E-state index < -0.39 is 57.0 Å². The van der Waals surface area contributed by atoms with Gasteiger partial charge in [-0.2, -0.15) is 23.4 Å². The van der Waals surface area contributed by atoms with Gasteiger partial charge in [0.1, 0.15) is 17.6 Å². The Labute approximate surface area is 232 Å². The molecule has 220 valence electrons. The topological polar surface area (TPSA) is 269 Å². The average molecular weight is 603 g/mol. The first-order valence-electron chi connectivity index (χ1n) is 12.2. The molecule has 3 fully saturated rings. The molecule has 1 aliphatic carbocycles. The summed E-state index contributed by atoms with van der Waals surface area (Å²) in [5.74, 6) is -3.34.